The number of hydrogen-bond acceptors (Lipinski definition) is 5. The van der Waals surface area contributed by atoms with Crippen LogP contribution in [0.2, 0.25) is 0 Å². The molecule has 0 spiro atoms. The Kier molecular flexibility index (Phi) is 7.30. The van der Waals surface area contributed by atoms with Crippen LogP contribution in [-0.2, 0) is 4.79 Å². The van der Waals surface area contributed by atoms with Gasteiger partial charge in [0.2, 0.25) is 5.91 Å². The largest absolute Gasteiger partial charge is 0.375 e. The summed E-state index contributed by atoms with van der Waals surface area (Å²) in [6.45, 7) is 1.09. The summed E-state index contributed by atoms with van der Waals surface area (Å²) in [6, 6.07) is 15.3. The second-order valence-electron chi connectivity index (χ2n) is 5.95. The summed E-state index contributed by atoms with van der Waals surface area (Å²) in [4.78, 5) is 36.1. The maximum Gasteiger partial charge on any atom is 0.270 e. The van der Waals surface area contributed by atoms with Crippen LogP contribution in [0, 0.1) is 10.1 Å². The van der Waals surface area contributed by atoms with Gasteiger partial charge in [-0.3, -0.25) is 19.7 Å². The smallest absolute Gasteiger partial charge is 0.270 e. The van der Waals surface area contributed by atoms with Gasteiger partial charge >= 0.3 is 0 Å². The lowest BCUT2D eigenvalue weighted by atomic mass is 10.2. The number of carbonyl (C=O) groups is 2. The number of benzene rings is 2. The van der Waals surface area contributed by atoms with Gasteiger partial charge in [0, 0.05) is 43.5 Å². The van der Waals surface area contributed by atoms with Crippen LogP contribution >= 0.6 is 0 Å². The van der Waals surface area contributed by atoms with Crippen molar-refractivity contribution >= 4 is 23.2 Å². The molecule has 142 valence electrons. The van der Waals surface area contributed by atoms with Crippen molar-refractivity contribution in [3.63, 3.8) is 0 Å². The third kappa shape index (κ3) is 6.43. The highest BCUT2D eigenvalue weighted by molar-refractivity contribution is 5.96. The lowest BCUT2D eigenvalue weighted by molar-refractivity contribution is -0.384. The molecule has 8 heteroatoms. The van der Waals surface area contributed by atoms with E-state index in [4.69, 9.17) is 0 Å². The zero-order valence-electron chi connectivity index (χ0n) is 15.1. The van der Waals surface area contributed by atoms with Gasteiger partial charge in [0.05, 0.1) is 11.5 Å². The number of amides is 2. The molecule has 8 nitrogen and oxygen atoms in total. The van der Waals surface area contributed by atoms with Crippen LogP contribution in [0.3, 0.4) is 0 Å². The molecule has 2 aromatic rings. The van der Waals surface area contributed by atoms with E-state index in [0.717, 1.165) is 18.7 Å². The summed E-state index contributed by atoms with van der Waals surface area (Å²) in [6.07, 6.45) is 0.760. The highest BCUT2D eigenvalue weighted by atomic mass is 16.6. The van der Waals surface area contributed by atoms with Crippen LogP contribution in [0.25, 0.3) is 0 Å². The van der Waals surface area contributed by atoms with Crippen molar-refractivity contribution < 1.29 is 14.5 Å². The minimum Gasteiger partial charge on any atom is -0.375 e. The maximum atomic E-state index is 12.0. The second-order valence-corrected chi connectivity index (χ2v) is 5.95. The molecular formula is C19H22N4O4. The average Bonchev–Trinajstić information content (AvgIpc) is 2.70. The number of nitro groups is 1. The molecule has 0 unspecified atom stereocenters. The number of carbonyl (C=O) groups excluding carboxylic acids is 2. The Bertz CT molecular complexity index is 795. The Balaban J connectivity index is 1.68. The first-order valence-corrected chi connectivity index (χ1v) is 8.53. The van der Waals surface area contributed by atoms with Crippen molar-refractivity contribution in [1.29, 1.82) is 0 Å². The van der Waals surface area contributed by atoms with Crippen molar-refractivity contribution in [3.05, 3.63) is 70.3 Å². The van der Waals surface area contributed by atoms with Crippen molar-refractivity contribution in [2.75, 3.05) is 31.6 Å². The molecule has 2 rings (SSSR count). The van der Waals surface area contributed by atoms with Crippen LogP contribution in [0.1, 0.15) is 16.8 Å². The highest BCUT2D eigenvalue weighted by Gasteiger charge is 2.12. The Morgan fingerprint density at radius 3 is 2.52 bits per heavy atom. The zero-order chi connectivity index (χ0) is 19.6. The van der Waals surface area contributed by atoms with Crippen LogP contribution in [0.4, 0.5) is 11.4 Å². The van der Waals surface area contributed by atoms with Crippen LogP contribution in [0.15, 0.2) is 54.6 Å². The predicted molar refractivity (Wildman–Crippen MR) is 103 cm³/mol. The average molecular weight is 370 g/mol. The van der Waals surface area contributed by atoms with E-state index in [1.165, 1.54) is 24.3 Å². The van der Waals surface area contributed by atoms with Crippen molar-refractivity contribution in [1.82, 2.24) is 10.6 Å². The summed E-state index contributed by atoms with van der Waals surface area (Å²) in [5.41, 5.74) is 1.07. The minimum atomic E-state index is -0.573. The quantitative estimate of drug-likeness (QED) is 0.399. The predicted octanol–water partition coefficient (Wildman–Crippen LogP) is 1.97. The van der Waals surface area contributed by atoms with Crippen molar-refractivity contribution in [3.8, 4) is 0 Å². The van der Waals surface area contributed by atoms with Gasteiger partial charge in [0.25, 0.3) is 11.6 Å². The second kappa shape index (κ2) is 9.91. The Labute approximate surface area is 157 Å². The lowest BCUT2D eigenvalue weighted by Gasteiger charge is -2.19. The molecule has 2 N–H and O–H groups in total. The van der Waals surface area contributed by atoms with Crippen LogP contribution in [0.5, 0.6) is 0 Å². The van der Waals surface area contributed by atoms with Gasteiger partial charge in [-0.25, -0.2) is 0 Å². The summed E-state index contributed by atoms with van der Waals surface area (Å²) in [5.74, 6) is -0.839. The third-order valence-corrected chi connectivity index (χ3v) is 3.92. The number of non-ortho nitro benzene ring substituents is 1. The van der Waals surface area contributed by atoms with Gasteiger partial charge in [0.1, 0.15) is 0 Å². The van der Waals surface area contributed by atoms with Crippen molar-refractivity contribution in [2.45, 2.75) is 6.42 Å². The molecule has 0 radical (unpaired) electrons. The summed E-state index contributed by atoms with van der Waals surface area (Å²) in [7, 11) is 1.98. The van der Waals surface area contributed by atoms with Crippen LogP contribution < -0.4 is 15.5 Å². The molecule has 0 saturated carbocycles. The number of anilines is 1. The van der Waals surface area contributed by atoms with E-state index < -0.39 is 10.8 Å². The number of rotatable bonds is 9. The monoisotopic (exact) mass is 370 g/mol. The van der Waals surface area contributed by atoms with E-state index in [-0.39, 0.29) is 23.7 Å². The van der Waals surface area contributed by atoms with E-state index in [1.54, 1.807) is 0 Å². The first-order chi connectivity index (χ1) is 13.0. The Hall–Kier alpha value is -3.42. The van der Waals surface area contributed by atoms with Crippen molar-refractivity contribution in [2.24, 2.45) is 0 Å². The van der Waals surface area contributed by atoms with E-state index in [9.17, 15) is 19.7 Å². The third-order valence-electron chi connectivity index (χ3n) is 3.92. The van der Waals surface area contributed by atoms with Gasteiger partial charge in [-0.1, -0.05) is 24.3 Å². The molecule has 27 heavy (non-hydrogen) atoms. The van der Waals surface area contributed by atoms with Gasteiger partial charge < -0.3 is 15.5 Å². The summed E-state index contributed by atoms with van der Waals surface area (Å²) >= 11 is 0. The molecule has 0 aliphatic rings. The topological polar surface area (TPSA) is 105 Å². The molecule has 0 aliphatic carbocycles. The van der Waals surface area contributed by atoms with E-state index in [2.05, 4.69) is 15.5 Å². The fraction of sp³-hybridized carbons (Fsp3) is 0.263. The fourth-order valence-electron chi connectivity index (χ4n) is 2.44. The molecule has 0 bridgehead atoms. The molecule has 2 aromatic carbocycles. The Morgan fingerprint density at radius 1 is 1.07 bits per heavy atom. The maximum absolute atomic E-state index is 12.0. The number of nitro benzene ring substituents is 1. The van der Waals surface area contributed by atoms with E-state index >= 15 is 0 Å². The van der Waals surface area contributed by atoms with Gasteiger partial charge in [-0.05, 0) is 24.6 Å². The number of nitrogens with one attached hydrogen (secondary N) is 2. The fourth-order valence-corrected chi connectivity index (χ4v) is 2.44. The number of para-hydroxylation sites is 1. The Morgan fingerprint density at radius 2 is 1.81 bits per heavy atom. The van der Waals surface area contributed by atoms with E-state index in [1.807, 2.05) is 37.4 Å². The SMILES string of the molecule is CN(CCCNC(=O)CNC(=O)c1cccc([N+](=O)[O-])c1)c1ccccc1. The normalized spacial score (nSPS) is 10.1. The number of hydrogen-bond donors (Lipinski definition) is 2. The minimum absolute atomic E-state index is 0.140. The molecule has 2 amide bonds. The van der Waals surface area contributed by atoms with Gasteiger partial charge in [-0.15, -0.1) is 0 Å². The molecule has 0 saturated heterocycles. The summed E-state index contributed by atoms with van der Waals surface area (Å²) in [5, 5.41) is 15.9. The van der Waals surface area contributed by atoms with Gasteiger partial charge in [0.15, 0.2) is 0 Å². The van der Waals surface area contributed by atoms with Gasteiger partial charge in [-0.2, -0.15) is 0 Å². The zero-order valence-corrected chi connectivity index (χ0v) is 15.1. The van der Waals surface area contributed by atoms with Crippen LogP contribution in [-0.4, -0.2) is 43.4 Å². The highest BCUT2D eigenvalue weighted by Crippen LogP contribution is 2.13. The molecule has 0 aromatic heterocycles. The standard InChI is InChI=1S/C19H22N4O4/c1-22(16-8-3-2-4-9-16)12-6-11-20-18(24)14-21-19(25)15-7-5-10-17(13-15)23(26)27/h2-5,7-10,13H,6,11-12,14H2,1H3,(H,20,24)(H,21,25). The molecule has 0 fully saturated rings. The number of nitrogens with zero attached hydrogens (tertiary/aromatic N) is 2. The first-order valence-electron chi connectivity index (χ1n) is 8.53. The molecule has 0 heterocycles. The molecular weight excluding hydrogens is 348 g/mol. The molecule has 0 atom stereocenters. The lowest BCUT2D eigenvalue weighted by Crippen LogP contribution is -2.38. The first kappa shape index (κ1) is 19.9. The molecule has 0 aliphatic heterocycles. The summed E-state index contributed by atoms with van der Waals surface area (Å²) < 4.78 is 0. The van der Waals surface area contributed by atoms with E-state index in [0.29, 0.717) is 6.54 Å².